The maximum absolute atomic E-state index is 13.3. The quantitative estimate of drug-likeness (QED) is 0.746. The average molecular weight is 241 g/mol. The van der Waals surface area contributed by atoms with Gasteiger partial charge < -0.3 is 15.5 Å². The van der Waals surface area contributed by atoms with Gasteiger partial charge in [-0.1, -0.05) is 6.92 Å². The van der Waals surface area contributed by atoms with Crippen LogP contribution in [0.4, 0.5) is 4.39 Å². The van der Waals surface area contributed by atoms with E-state index in [1.54, 1.807) is 13.8 Å². The Labute approximate surface area is 99.1 Å². The number of nitrogens with one attached hydrogen (secondary N) is 1. The Morgan fingerprint density at radius 3 is 2.71 bits per heavy atom. The molecular formula is C12H16FNO3. The molecule has 1 amide bonds. The van der Waals surface area contributed by atoms with E-state index in [1.807, 2.05) is 0 Å². The van der Waals surface area contributed by atoms with E-state index in [-0.39, 0.29) is 17.9 Å². The van der Waals surface area contributed by atoms with Crippen molar-refractivity contribution in [1.82, 2.24) is 5.32 Å². The molecule has 0 aliphatic rings. The highest BCUT2D eigenvalue weighted by Gasteiger charge is 2.20. The molecule has 0 aromatic heterocycles. The number of phenolic OH excluding ortho intramolecular Hbond substituents is 1. The molecule has 0 fully saturated rings. The summed E-state index contributed by atoms with van der Waals surface area (Å²) < 4.78 is 13.3. The highest BCUT2D eigenvalue weighted by atomic mass is 19.1. The lowest BCUT2D eigenvalue weighted by Crippen LogP contribution is -2.40. The molecule has 4 nitrogen and oxygen atoms in total. The van der Waals surface area contributed by atoms with E-state index in [1.165, 1.54) is 12.1 Å². The minimum absolute atomic E-state index is 0.0443. The van der Waals surface area contributed by atoms with Crippen molar-refractivity contribution in [2.24, 2.45) is 0 Å². The molecular weight excluding hydrogens is 225 g/mol. The molecule has 1 unspecified atom stereocenters. The van der Waals surface area contributed by atoms with Crippen molar-refractivity contribution < 1.29 is 19.4 Å². The van der Waals surface area contributed by atoms with Gasteiger partial charge in [0.25, 0.3) is 5.91 Å². The second-order valence-electron chi connectivity index (χ2n) is 4.20. The Hall–Kier alpha value is -1.62. The standard InChI is InChI=1S/C12H16FNO3/c1-3-12(2,17)7-14-11(16)9-5-4-8(15)6-10(9)13/h4-6,15,17H,3,7H2,1-2H3,(H,14,16). The van der Waals surface area contributed by atoms with Gasteiger partial charge in [-0.15, -0.1) is 0 Å². The number of hydrogen-bond donors (Lipinski definition) is 3. The molecule has 0 aliphatic carbocycles. The second-order valence-corrected chi connectivity index (χ2v) is 4.20. The van der Waals surface area contributed by atoms with Crippen molar-refractivity contribution in [2.45, 2.75) is 25.9 Å². The van der Waals surface area contributed by atoms with E-state index in [0.717, 1.165) is 6.07 Å². The first-order valence-electron chi connectivity index (χ1n) is 5.35. The van der Waals surface area contributed by atoms with Crippen molar-refractivity contribution in [2.75, 3.05) is 6.54 Å². The van der Waals surface area contributed by atoms with E-state index in [4.69, 9.17) is 5.11 Å². The molecule has 1 rings (SSSR count). The fourth-order valence-corrected chi connectivity index (χ4v) is 1.18. The van der Waals surface area contributed by atoms with Gasteiger partial charge in [0.1, 0.15) is 11.6 Å². The Balaban J connectivity index is 2.71. The molecule has 0 spiro atoms. The maximum Gasteiger partial charge on any atom is 0.254 e. The highest BCUT2D eigenvalue weighted by molar-refractivity contribution is 5.94. The van der Waals surface area contributed by atoms with Crippen LogP contribution in [0.5, 0.6) is 5.75 Å². The number of rotatable bonds is 4. The molecule has 1 aromatic carbocycles. The lowest BCUT2D eigenvalue weighted by molar-refractivity contribution is 0.0517. The normalized spacial score (nSPS) is 14.1. The lowest BCUT2D eigenvalue weighted by Gasteiger charge is -2.21. The summed E-state index contributed by atoms with van der Waals surface area (Å²) in [7, 11) is 0. The monoisotopic (exact) mass is 241 g/mol. The third-order valence-corrected chi connectivity index (χ3v) is 2.59. The molecule has 17 heavy (non-hydrogen) atoms. The van der Waals surface area contributed by atoms with Gasteiger partial charge in [0.05, 0.1) is 11.2 Å². The van der Waals surface area contributed by atoms with E-state index in [2.05, 4.69) is 5.32 Å². The molecule has 5 heteroatoms. The van der Waals surface area contributed by atoms with Gasteiger partial charge in [0.2, 0.25) is 0 Å². The first kappa shape index (κ1) is 13.4. The van der Waals surface area contributed by atoms with Crippen LogP contribution in [-0.4, -0.2) is 28.3 Å². The summed E-state index contributed by atoms with van der Waals surface area (Å²) in [6.45, 7) is 3.41. The summed E-state index contributed by atoms with van der Waals surface area (Å²) in [6, 6.07) is 3.30. The van der Waals surface area contributed by atoms with E-state index in [9.17, 15) is 14.3 Å². The summed E-state index contributed by atoms with van der Waals surface area (Å²) >= 11 is 0. The summed E-state index contributed by atoms with van der Waals surface area (Å²) in [5, 5.41) is 21.1. The Bertz CT molecular complexity index is 418. The number of aromatic hydroxyl groups is 1. The molecule has 94 valence electrons. The van der Waals surface area contributed by atoms with Crippen LogP contribution in [0.2, 0.25) is 0 Å². The number of carbonyl (C=O) groups is 1. The first-order valence-corrected chi connectivity index (χ1v) is 5.35. The highest BCUT2D eigenvalue weighted by Crippen LogP contribution is 2.15. The van der Waals surface area contributed by atoms with Gasteiger partial charge in [0.15, 0.2) is 0 Å². The number of halogens is 1. The van der Waals surface area contributed by atoms with Crippen molar-refractivity contribution in [3.8, 4) is 5.75 Å². The smallest absolute Gasteiger partial charge is 0.254 e. The average Bonchev–Trinajstić information content (AvgIpc) is 2.26. The van der Waals surface area contributed by atoms with Crippen LogP contribution >= 0.6 is 0 Å². The SMILES string of the molecule is CCC(C)(O)CNC(=O)c1ccc(O)cc1F. The number of hydrogen-bond acceptors (Lipinski definition) is 3. The summed E-state index contributed by atoms with van der Waals surface area (Å²) in [4.78, 5) is 11.6. The third-order valence-electron chi connectivity index (χ3n) is 2.59. The zero-order valence-corrected chi connectivity index (χ0v) is 9.83. The fourth-order valence-electron chi connectivity index (χ4n) is 1.18. The minimum atomic E-state index is -1.01. The van der Waals surface area contributed by atoms with Crippen LogP contribution in [0.15, 0.2) is 18.2 Å². The van der Waals surface area contributed by atoms with Crippen molar-refractivity contribution in [3.05, 3.63) is 29.6 Å². The van der Waals surface area contributed by atoms with E-state index < -0.39 is 17.3 Å². The molecule has 0 radical (unpaired) electrons. The first-order chi connectivity index (χ1) is 7.85. The summed E-state index contributed by atoms with van der Waals surface area (Å²) in [5.41, 5.74) is -1.17. The third kappa shape index (κ3) is 3.71. The molecule has 1 atom stereocenters. The lowest BCUT2D eigenvalue weighted by atomic mass is 10.0. The Kier molecular flexibility index (Phi) is 4.07. The molecule has 0 bridgehead atoms. The zero-order valence-electron chi connectivity index (χ0n) is 9.83. The van der Waals surface area contributed by atoms with Crippen LogP contribution in [0, 0.1) is 5.82 Å². The van der Waals surface area contributed by atoms with Gasteiger partial charge in [-0.25, -0.2) is 4.39 Å². The Morgan fingerprint density at radius 1 is 1.53 bits per heavy atom. The number of phenols is 1. The van der Waals surface area contributed by atoms with Crippen LogP contribution in [0.1, 0.15) is 30.6 Å². The molecule has 1 aromatic rings. The second kappa shape index (κ2) is 5.14. The molecule has 0 aliphatic heterocycles. The van der Waals surface area contributed by atoms with Crippen molar-refractivity contribution >= 4 is 5.91 Å². The predicted octanol–water partition coefficient (Wildman–Crippen LogP) is 1.42. The fraction of sp³-hybridized carbons (Fsp3) is 0.417. The van der Waals surface area contributed by atoms with Crippen molar-refractivity contribution in [3.63, 3.8) is 0 Å². The van der Waals surface area contributed by atoms with Crippen molar-refractivity contribution in [1.29, 1.82) is 0 Å². The minimum Gasteiger partial charge on any atom is -0.508 e. The molecule has 0 saturated carbocycles. The molecule has 0 saturated heterocycles. The van der Waals surface area contributed by atoms with Gasteiger partial charge in [-0.2, -0.15) is 0 Å². The number of benzene rings is 1. The maximum atomic E-state index is 13.3. The van der Waals surface area contributed by atoms with Crippen LogP contribution in [0.3, 0.4) is 0 Å². The zero-order chi connectivity index (χ0) is 13.1. The van der Waals surface area contributed by atoms with E-state index in [0.29, 0.717) is 6.42 Å². The topological polar surface area (TPSA) is 69.6 Å². The molecule has 3 N–H and O–H groups in total. The van der Waals surface area contributed by atoms with Gasteiger partial charge in [-0.05, 0) is 25.5 Å². The summed E-state index contributed by atoms with van der Waals surface area (Å²) in [6.07, 6.45) is 0.478. The van der Waals surface area contributed by atoms with Gasteiger partial charge in [-0.3, -0.25) is 4.79 Å². The Morgan fingerprint density at radius 2 is 2.18 bits per heavy atom. The number of carbonyl (C=O) groups excluding carboxylic acids is 1. The van der Waals surface area contributed by atoms with Crippen LogP contribution in [-0.2, 0) is 0 Å². The predicted molar refractivity (Wildman–Crippen MR) is 61.3 cm³/mol. The number of amides is 1. The van der Waals surface area contributed by atoms with Gasteiger partial charge in [0, 0.05) is 12.6 Å². The number of aliphatic hydroxyl groups is 1. The summed E-state index contributed by atoms with van der Waals surface area (Å²) in [5.74, 6) is -1.64. The molecule has 0 heterocycles. The largest absolute Gasteiger partial charge is 0.508 e. The van der Waals surface area contributed by atoms with Crippen LogP contribution < -0.4 is 5.32 Å². The van der Waals surface area contributed by atoms with Gasteiger partial charge >= 0.3 is 0 Å². The van der Waals surface area contributed by atoms with E-state index >= 15 is 0 Å². The van der Waals surface area contributed by atoms with Crippen LogP contribution in [0.25, 0.3) is 0 Å².